The Morgan fingerprint density at radius 1 is 1.10 bits per heavy atom. The molecule has 0 aromatic heterocycles. The van der Waals surface area contributed by atoms with Crippen LogP contribution >= 0.6 is 23.4 Å². The number of hydrogen-bond donors (Lipinski definition) is 1. The van der Waals surface area contributed by atoms with Crippen molar-refractivity contribution < 1.29 is 14.6 Å². The molecule has 0 saturated carbocycles. The highest BCUT2D eigenvalue weighted by atomic mass is 35.5. The zero-order valence-electron chi connectivity index (χ0n) is 11.3. The number of hydrogen-bond acceptors (Lipinski definition) is 3. The van der Waals surface area contributed by atoms with Gasteiger partial charge in [-0.15, -0.1) is 11.8 Å². The van der Waals surface area contributed by atoms with Gasteiger partial charge in [0.1, 0.15) is 5.75 Å². The largest absolute Gasteiger partial charge is 0.494 e. The molecular weight excluding hydrogens is 308 g/mol. The number of halogens is 1. The summed E-state index contributed by atoms with van der Waals surface area (Å²) >= 11 is 7.58. The maximum Gasteiger partial charge on any atom is 0.335 e. The summed E-state index contributed by atoms with van der Waals surface area (Å²) in [6.45, 7) is 0.604. The van der Waals surface area contributed by atoms with Crippen molar-refractivity contribution in [3.8, 4) is 5.75 Å². The summed E-state index contributed by atoms with van der Waals surface area (Å²) in [6.07, 6.45) is 0.911. The van der Waals surface area contributed by atoms with Crippen LogP contribution in [-0.2, 0) is 0 Å². The van der Waals surface area contributed by atoms with Gasteiger partial charge in [0.25, 0.3) is 0 Å². The molecule has 2 aromatic rings. The number of rotatable bonds is 7. The fourth-order valence-corrected chi connectivity index (χ4v) is 2.62. The lowest BCUT2D eigenvalue weighted by Crippen LogP contribution is -2.00. The Hall–Kier alpha value is -1.65. The zero-order valence-corrected chi connectivity index (χ0v) is 12.9. The Morgan fingerprint density at radius 3 is 2.38 bits per heavy atom. The summed E-state index contributed by atoms with van der Waals surface area (Å²) in [5, 5.41) is 9.54. The first kappa shape index (κ1) is 15.7. The van der Waals surface area contributed by atoms with Crippen molar-refractivity contribution in [1.29, 1.82) is 0 Å². The molecule has 0 fully saturated rings. The fourth-order valence-electron chi connectivity index (χ4n) is 1.66. The Kier molecular flexibility index (Phi) is 5.96. The average molecular weight is 323 g/mol. The number of ether oxygens (including phenoxy) is 1. The number of carboxylic acid groups (broad SMARTS) is 1. The van der Waals surface area contributed by atoms with Gasteiger partial charge in [0.15, 0.2) is 0 Å². The quantitative estimate of drug-likeness (QED) is 0.598. The van der Waals surface area contributed by atoms with E-state index in [9.17, 15) is 4.79 Å². The molecule has 0 saturated heterocycles. The summed E-state index contributed by atoms with van der Waals surface area (Å²) < 4.78 is 5.57. The van der Waals surface area contributed by atoms with Crippen molar-refractivity contribution in [2.24, 2.45) is 0 Å². The summed E-state index contributed by atoms with van der Waals surface area (Å²) in [4.78, 5) is 11.9. The smallest absolute Gasteiger partial charge is 0.335 e. The van der Waals surface area contributed by atoms with Crippen LogP contribution in [0.2, 0.25) is 5.02 Å². The topological polar surface area (TPSA) is 46.5 Å². The molecule has 0 aliphatic carbocycles. The molecule has 0 radical (unpaired) electrons. The molecule has 0 unspecified atom stereocenters. The molecule has 2 rings (SSSR count). The van der Waals surface area contributed by atoms with Gasteiger partial charge in [0, 0.05) is 15.7 Å². The maximum absolute atomic E-state index is 10.7. The van der Waals surface area contributed by atoms with Crippen LogP contribution in [-0.4, -0.2) is 23.4 Å². The lowest BCUT2D eigenvalue weighted by molar-refractivity contribution is 0.0697. The SMILES string of the molecule is O=C(O)c1ccc(OCCCSc2ccc(Cl)cc2)cc1. The third kappa shape index (κ3) is 5.33. The Balaban J connectivity index is 1.67. The van der Waals surface area contributed by atoms with E-state index in [1.54, 1.807) is 36.0 Å². The third-order valence-corrected chi connectivity index (χ3v) is 4.09. The number of benzene rings is 2. The maximum atomic E-state index is 10.7. The highest BCUT2D eigenvalue weighted by Gasteiger charge is 2.02. The summed E-state index contributed by atoms with van der Waals surface area (Å²) in [5.41, 5.74) is 0.264. The zero-order chi connectivity index (χ0) is 15.1. The van der Waals surface area contributed by atoms with E-state index < -0.39 is 5.97 Å². The first-order valence-corrected chi connectivity index (χ1v) is 7.86. The van der Waals surface area contributed by atoms with Gasteiger partial charge in [-0.3, -0.25) is 0 Å². The Bertz CT molecular complexity index is 581. The second kappa shape index (κ2) is 7.96. The van der Waals surface area contributed by atoms with Crippen molar-refractivity contribution in [3.63, 3.8) is 0 Å². The van der Waals surface area contributed by atoms with Crippen LogP contribution in [0.5, 0.6) is 5.75 Å². The van der Waals surface area contributed by atoms with Gasteiger partial charge in [-0.1, -0.05) is 11.6 Å². The molecule has 0 bridgehead atoms. The van der Waals surface area contributed by atoms with Crippen LogP contribution < -0.4 is 4.74 Å². The van der Waals surface area contributed by atoms with E-state index in [-0.39, 0.29) is 5.56 Å². The van der Waals surface area contributed by atoms with Gasteiger partial charge in [-0.25, -0.2) is 4.79 Å². The normalized spacial score (nSPS) is 10.3. The van der Waals surface area contributed by atoms with Gasteiger partial charge in [-0.05, 0) is 55.0 Å². The number of thioether (sulfide) groups is 1. The second-order valence-electron chi connectivity index (χ2n) is 4.33. The Labute approximate surface area is 132 Å². The number of carboxylic acids is 1. The van der Waals surface area contributed by atoms with Crippen LogP contribution in [0.15, 0.2) is 53.4 Å². The van der Waals surface area contributed by atoms with Crippen LogP contribution in [0.3, 0.4) is 0 Å². The summed E-state index contributed by atoms with van der Waals surface area (Å²) in [7, 11) is 0. The predicted molar refractivity (Wildman–Crippen MR) is 85.7 cm³/mol. The molecule has 0 aliphatic rings. The van der Waals surface area contributed by atoms with Crippen molar-refractivity contribution >= 4 is 29.3 Å². The van der Waals surface area contributed by atoms with Crippen molar-refractivity contribution in [2.45, 2.75) is 11.3 Å². The minimum absolute atomic E-state index is 0.264. The molecule has 21 heavy (non-hydrogen) atoms. The Morgan fingerprint density at radius 2 is 1.76 bits per heavy atom. The van der Waals surface area contributed by atoms with Crippen LogP contribution in [0.25, 0.3) is 0 Å². The van der Waals surface area contributed by atoms with Crippen LogP contribution in [0.1, 0.15) is 16.8 Å². The highest BCUT2D eigenvalue weighted by molar-refractivity contribution is 7.99. The van der Waals surface area contributed by atoms with Crippen molar-refractivity contribution in [1.82, 2.24) is 0 Å². The van der Waals surface area contributed by atoms with E-state index in [1.807, 2.05) is 24.3 Å². The van der Waals surface area contributed by atoms with Gasteiger partial charge in [0.2, 0.25) is 0 Å². The molecule has 5 heteroatoms. The molecule has 2 aromatic carbocycles. The highest BCUT2D eigenvalue weighted by Crippen LogP contribution is 2.21. The molecular formula is C16H15ClO3S. The molecule has 110 valence electrons. The second-order valence-corrected chi connectivity index (χ2v) is 5.94. The minimum atomic E-state index is -0.930. The summed E-state index contributed by atoms with van der Waals surface area (Å²) in [5.74, 6) is 0.715. The lowest BCUT2D eigenvalue weighted by atomic mass is 10.2. The predicted octanol–water partition coefficient (Wildman–Crippen LogP) is 4.60. The molecule has 1 N–H and O–H groups in total. The van der Waals surface area contributed by atoms with Gasteiger partial charge in [0.05, 0.1) is 12.2 Å². The van der Waals surface area contributed by atoms with E-state index in [1.165, 1.54) is 4.90 Å². The fraction of sp³-hybridized carbons (Fsp3) is 0.188. The monoisotopic (exact) mass is 322 g/mol. The lowest BCUT2D eigenvalue weighted by Gasteiger charge is -2.06. The minimum Gasteiger partial charge on any atom is -0.494 e. The van der Waals surface area contributed by atoms with E-state index in [0.717, 1.165) is 17.2 Å². The third-order valence-electron chi connectivity index (χ3n) is 2.74. The van der Waals surface area contributed by atoms with Crippen molar-refractivity contribution in [2.75, 3.05) is 12.4 Å². The van der Waals surface area contributed by atoms with E-state index >= 15 is 0 Å². The molecule has 3 nitrogen and oxygen atoms in total. The van der Waals surface area contributed by atoms with Crippen LogP contribution in [0.4, 0.5) is 0 Å². The van der Waals surface area contributed by atoms with Gasteiger partial charge >= 0.3 is 5.97 Å². The van der Waals surface area contributed by atoms with Crippen molar-refractivity contribution in [3.05, 3.63) is 59.1 Å². The van der Waals surface area contributed by atoms with E-state index in [0.29, 0.717) is 12.4 Å². The molecule has 0 heterocycles. The molecule has 0 amide bonds. The summed E-state index contributed by atoms with van der Waals surface area (Å²) in [6, 6.07) is 14.2. The molecule has 0 aliphatic heterocycles. The van der Waals surface area contributed by atoms with E-state index in [2.05, 4.69) is 0 Å². The number of aromatic carboxylic acids is 1. The molecule has 0 atom stereocenters. The molecule has 0 spiro atoms. The average Bonchev–Trinajstić information content (AvgIpc) is 2.49. The first-order chi connectivity index (χ1) is 10.1. The first-order valence-electron chi connectivity index (χ1n) is 6.50. The number of carbonyl (C=O) groups is 1. The van der Waals surface area contributed by atoms with Gasteiger partial charge in [-0.2, -0.15) is 0 Å². The van der Waals surface area contributed by atoms with Crippen LogP contribution in [0, 0.1) is 0 Å². The standard InChI is InChI=1S/C16H15ClO3S/c17-13-4-8-15(9-5-13)21-11-1-10-20-14-6-2-12(3-7-14)16(18)19/h2-9H,1,10-11H2,(H,18,19). The van der Waals surface area contributed by atoms with E-state index in [4.69, 9.17) is 21.4 Å². The van der Waals surface area contributed by atoms with Gasteiger partial charge < -0.3 is 9.84 Å².